The number of carbonyl (C=O) groups is 2. The minimum absolute atomic E-state index is 0.0506. The van der Waals surface area contributed by atoms with E-state index in [0.717, 1.165) is 66.5 Å². The Bertz CT molecular complexity index is 913. The van der Waals surface area contributed by atoms with Crippen LogP contribution in [-0.4, -0.2) is 60.0 Å². The number of anilines is 1. The lowest BCUT2D eigenvalue weighted by Crippen LogP contribution is -2.38. The van der Waals surface area contributed by atoms with Gasteiger partial charge in [-0.05, 0) is 48.2 Å². The number of hydrogen-bond acceptors (Lipinski definition) is 4. The smallest absolute Gasteiger partial charge is 0.322 e. The van der Waals surface area contributed by atoms with E-state index >= 15 is 0 Å². The number of amides is 3. The second-order valence-corrected chi connectivity index (χ2v) is 9.15. The van der Waals surface area contributed by atoms with E-state index in [1.165, 1.54) is 0 Å². The zero-order valence-electron chi connectivity index (χ0n) is 17.9. The summed E-state index contributed by atoms with van der Waals surface area (Å²) in [6, 6.07) is 15.5. The summed E-state index contributed by atoms with van der Waals surface area (Å²) in [6.45, 7) is 2.40. The molecule has 0 aliphatic carbocycles. The summed E-state index contributed by atoms with van der Waals surface area (Å²) in [7, 11) is 1.65. The van der Waals surface area contributed by atoms with Crippen LogP contribution < -0.4 is 10.1 Å². The Balaban J connectivity index is 1.36. The molecule has 0 saturated carbocycles. The van der Waals surface area contributed by atoms with Gasteiger partial charge in [-0.25, -0.2) is 4.79 Å². The van der Waals surface area contributed by atoms with Crippen LogP contribution in [0.25, 0.3) is 0 Å². The van der Waals surface area contributed by atoms with Crippen LogP contribution in [0.4, 0.5) is 10.5 Å². The molecule has 0 radical (unpaired) electrons. The van der Waals surface area contributed by atoms with Gasteiger partial charge in [-0.3, -0.25) is 4.79 Å². The Morgan fingerprint density at radius 1 is 1.10 bits per heavy atom. The SMILES string of the molecule is COc1cccc(C2CCCN2C(=O)Nc2ccc(CC(=O)N3CCSCC3)cc2)c1. The topological polar surface area (TPSA) is 61.9 Å². The van der Waals surface area contributed by atoms with Gasteiger partial charge in [0, 0.05) is 36.8 Å². The van der Waals surface area contributed by atoms with Crippen molar-refractivity contribution in [3.05, 3.63) is 59.7 Å². The summed E-state index contributed by atoms with van der Waals surface area (Å²) in [4.78, 5) is 29.2. The van der Waals surface area contributed by atoms with E-state index in [9.17, 15) is 9.59 Å². The van der Waals surface area contributed by atoms with Gasteiger partial charge in [0.05, 0.1) is 19.6 Å². The highest BCUT2D eigenvalue weighted by atomic mass is 32.2. The molecule has 0 bridgehead atoms. The number of likely N-dealkylation sites (tertiary alicyclic amines) is 1. The first-order valence-corrected chi connectivity index (χ1v) is 12.0. The molecule has 3 amide bonds. The minimum Gasteiger partial charge on any atom is -0.497 e. The number of rotatable bonds is 5. The predicted molar refractivity (Wildman–Crippen MR) is 125 cm³/mol. The largest absolute Gasteiger partial charge is 0.497 e. The Morgan fingerprint density at radius 3 is 2.61 bits per heavy atom. The molecule has 2 aliphatic rings. The molecular weight excluding hydrogens is 410 g/mol. The van der Waals surface area contributed by atoms with Gasteiger partial charge in [0.1, 0.15) is 5.75 Å². The average Bonchev–Trinajstić information content (AvgIpc) is 3.31. The quantitative estimate of drug-likeness (QED) is 0.759. The highest BCUT2D eigenvalue weighted by Gasteiger charge is 2.30. The number of urea groups is 1. The standard InChI is InChI=1S/C24H29N3O3S/c1-30-21-5-2-4-19(17-21)22-6-3-11-27(22)24(29)25-20-9-7-18(8-10-20)16-23(28)26-12-14-31-15-13-26/h2,4-5,7-10,17,22H,3,6,11-16H2,1H3,(H,25,29). The molecule has 1 unspecified atom stereocenters. The van der Waals surface area contributed by atoms with Crippen LogP contribution in [0, 0.1) is 0 Å². The summed E-state index contributed by atoms with van der Waals surface area (Å²) in [5, 5.41) is 3.01. The van der Waals surface area contributed by atoms with Crippen LogP contribution in [0.2, 0.25) is 0 Å². The third-order valence-electron chi connectivity index (χ3n) is 5.92. The van der Waals surface area contributed by atoms with Gasteiger partial charge in [-0.15, -0.1) is 0 Å². The molecule has 1 N–H and O–H groups in total. The first-order valence-electron chi connectivity index (χ1n) is 10.8. The Morgan fingerprint density at radius 2 is 1.87 bits per heavy atom. The molecule has 31 heavy (non-hydrogen) atoms. The third-order valence-corrected chi connectivity index (χ3v) is 6.86. The zero-order chi connectivity index (χ0) is 21.6. The van der Waals surface area contributed by atoms with Crippen molar-refractivity contribution >= 4 is 29.4 Å². The number of thioether (sulfide) groups is 1. The normalized spacial score (nSPS) is 18.7. The fraction of sp³-hybridized carbons (Fsp3) is 0.417. The fourth-order valence-electron chi connectivity index (χ4n) is 4.21. The second-order valence-electron chi connectivity index (χ2n) is 7.93. The molecule has 164 valence electrons. The minimum atomic E-state index is -0.0973. The van der Waals surface area contributed by atoms with Crippen molar-refractivity contribution < 1.29 is 14.3 Å². The lowest BCUT2D eigenvalue weighted by molar-refractivity contribution is -0.130. The second kappa shape index (κ2) is 10.1. The zero-order valence-corrected chi connectivity index (χ0v) is 18.7. The van der Waals surface area contributed by atoms with Gasteiger partial charge < -0.3 is 19.9 Å². The predicted octanol–water partition coefficient (Wildman–Crippen LogP) is 4.18. The summed E-state index contributed by atoms with van der Waals surface area (Å²) in [5.41, 5.74) is 2.81. The number of carbonyl (C=O) groups excluding carboxylic acids is 2. The summed E-state index contributed by atoms with van der Waals surface area (Å²) >= 11 is 1.90. The van der Waals surface area contributed by atoms with Crippen LogP contribution >= 0.6 is 11.8 Å². The first kappa shape index (κ1) is 21.6. The van der Waals surface area contributed by atoms with Crippen molar-refractivity contribution in [1.82, 2.24) is 9.80 Å². The third kappa shape index (κ3) is 5.34. The van der Waals surface area contributed by atoms with E-state index in [1.54, 1.807) is 7.11 Å². The fourth-order valence-corrected chi connectivity index (χ4v) is 5.11. The van der Waals surface area contributed by atoms with Crippen LogP contribution in [0.3, 0.4) is 0 Å². The molecule has 2 aromatic rings. The molecule has 0 spiro atoms. The van der Waals surface area contributed by atoms with Gasteiger partial charge in [0.25, 0.3) is 0 Å². The highest BCUT2D eigenvalue weighted by molar-refractivity contribution is 7.99. The molecule has 7 heteroatoms. The molecule has 4 rings (SSSR count). The lowest BCUT2D eigenvalue weighted by Gasteiger charge is -2.26. The summed E-state index contributed by atoms with van der Waals surface area (Å²) in [6.07, 6.45) is 2.32. The summed E-state index contributed by atoms with van der Waals surface area (Å²) in [5.74, 6) is 3.02. The molecular formula is C24H29N3O3S. The Kier molecular flexibility index (Phi) is 7.02. The van der Waals surface area contributed by atoms with Crippen molar-refractivity contribution in [2.24, 2.45) is 0 Å². The van der Waals surface area contributed by atoms with Crippen LogP contribution in [0.5, 0.6) is 5.75 Å². The van der Waals surface area contributed by atoms with E-state index in [4.69, 9.17) is 4.74 Å². The van der Waals surface area contributed by atoms with Gasteiger partial charge in [0.15, 0.2) is 0 Å². The van der Waals surface area contributed by atoms with E-state index in [1.807, 2.05) is 70.1 Å². The number of nitrogens with zero attached hydrogens (tertiary/aromatic N) is 2. The molecule has 2 aliphatic heterocycles. The van der Waals surface area contributed by atoms with E-state index < -0.39 is 0 Å². The number of benzene rings is 2. The maximum Gasteiger partial charge on any atom is 0.322 e. The molecule has 1 atom stereocenters. The molecule has 2 heterocycles. The number of hydrogen-bond donors (Lipinski definition) is 1. The first-order chi connectivity index (χ1) is 15.1. The highest BCUT2D eigenvalue weighted by Crippen LogP contribution is 2.33. The maximum absolute atomic E-state index is 12.9. The monoisotopic (exact) mass is 439 g/mol. The van der Waals surface area contributed by atoms with Gasteiger partial charge >= 0.3 is 6.03 Å². The lowest BCUT2D eigenvalue weighted by atomic mass is 10.0. The number of nitrogens with one attached hydrogen (secondary N) is 1. The van der Waals surface area contributed by atoms with Crippen LogP contribution in [-0.2, 0) is 11.2 Å². The Labute approximate surface area is 187 Å². The van der Waals surface area contributed by atoms with Crippen molar-refractivity contribution in [2.75, 3.05) is 43.6 Å². The molecule has 2 fully saturated rings. The van der Waals surface area contributed by atoms with E-state index in [0.29, 0.717) is 6.42 Å². The van der Waals surface area contributed by atoms with Crippen molar-refractivity contribution in [3.63, 3.8) is 0 Å². The maximum atomic E-state index is 12.9. The van der Waals surface area contributed by atoms with Crippen molar-refractivity contribution in [1.29, 1.82) is 0 Å². The van der Waals surface area contributed by atoms with Crippen LogP contribution in [0.1, 0.15) is 30.0 Å². The van der Waals surface area contributed by atoms with Gasteiger partial charge in [0.2, 0.25) is 5.91 Å². The summed E-state index contributed by atoms with van der Waals surface area (Å²) < 4.78 is 5.34. The Hall–Kier alpha value is -2.67. The van der Waals surface area contributed by atoms with E-state index in [-0.39, 0.29) is 18.0 Å². The average molecular weight is 440 g/mol. The number of ether oxygens (including phenoxy) is 1. The molecule has 2 aromatic carbocycles. The van der Waals surface area contributed by atoms with Gasteiger partial charge in [-0.2, -0.15) is 11.8 Å². The van der Waals surface area contributed by atoms with Crippen molar-refractivity contribution in [2.45, 2.75) is 25.3 Å². The van der Waals surface area contributed by atoms with Crippen molar-refractivity contribution in [3.8, 4) is 5.75 Å². The number of methoxy groups -OCH3 is 1. The molecule has 0 aromatic heterocycles. The van der Waals surface area contributed by atoms with Crippen LogP contribution in [0.15, 0.2) is 48.5 Å². The van der Waals surface area contributed by atoms with E-state index in [2.05, 4.69) is 5.32 Å². The molecule has 6 nitrogen and oxygen atoms in total. The molecule has 2 saturated heterocycles. The van der Waals surface area contributed by atoms with Gasteiger partial charge in [-0.1, -0.05) is 24.3 Å².